The highest BCUT2D eigenvalue weighted by molar-refractivity contribution is 9.10. The first kappa shape index (κ1) is 14.8. The molecule has 1 aliphatic heterocycles. The molecule has 0 radical (unpaired) electrons. The Morgan fingerprint density at radius 1 is 1.32 bits per heavy atom. The van der Waals surface area contributed by atoms with E-state index in [9.17, 15) is 5.21 Å². The van der Waals surface area contributed by atoms with Crippen molar-refractivity contribution < 1.29 is 14.2 Å². The number of nitrogens with zero attached hydrogens (tertiary/aromatic N) is 2. The van der Waals surface area contributed by atoms with Gasteiger partial charge in [0.15, 0.2) is 11.9 Å². The van der Waals surface area contributed by atoms with Crippen molar-refractivity contribution in [3.8, 4) is 11.5 Å². The molecule has 0 bridgehead atoms. The van der Waals surface area contributed by atoms with Crippen molar-refractivity contribution in [1.82, 2.24) is 0 Å². The monoisotopic (exact) mass is 362 g/mol. The van der Waals surface area contributed by atoms with Gasteiger partial charge in [-0.3, -0.25) is 0 Å². The Labute approximate surface area is 136 Å². The number of hydrogen-bond donors (Lipinski definition) is 0. The third-order valence-corrected chi connectivity index (χ3v) is 3.94. The zero-order chi connectivity index (χ0) is 15.9. The van der Waals surface area contributed by atoms with Crippen LogP contribution in [-0.4, -0.2) is 18.5 Å². The summed E-state index contributed by atoms with van der Waals surface area (Å²) in [4.78, 5) is 4.60. The number of halogens is 1. The van der Waals surface area contributed by atoms with Crippen molar-refractivity contribution in [3.05, 3.63) is 57.5 Å². The van der Waals surface area contributed by atoms with Gasteiger partial charge in [-0.2, -0.15) is 4.73 Å². The average molecular weight is 363 g/mol. The van der Waals surface area contributed by atoms with Crippen LogP contribution in [0.1, 0.15) is 25.1 Å². The average Bonchev–Trinajstić information content (AvgIpc) is 2.46. The predicted octanol–water partition coefficient (Wildman–Crippen LogP) is 3.06. The SMILES string of the molecule is COc1cc2c(cc1Br)C(c1cccc[n+]1[O-])=NC(C)(C)O2. The highest BCUT2D eigenvalue weighted by Gasteiger charge is 2.32. The molecule has 6 heteroatoms. The Balaban J connectivity index is 2.25. The molecule has 0 saturated carbocycles. The fourth-order valence-corrected chi connectivity index (χ4v) is 2.89. The van der Waals surface area contributed by atoms with Gasteiger partial charge in [-0.05, 0) is 41.9 Å². The zero-order valence-electron chi connectivity index (χ0n) is 12.5. The van der Waals surface area contributed by atoms with Crippen LogP contribution in [0.2, 0.25) is 0 Å². The molecule has 3 rings (SSSR count). The van der Waals surface area contributed by atoms with Crippen molar-refractivity contribution in [2.75, 3.05) is 7.11 Å². The molecule has 0 N–H and O–H groups in total. The lowest BCUT2D eigenvalue weighted by Gasteiger charge is -2.30. The lowest BCUT2D eigenvalue weighted by molar-refractivity contribution is -0.606. The van der Waals surface area contributed by atoms with Gasteiger partial charge < -0.3 is 14.7 Å². The summed E-state index contributed by atoms with van der Waals surface area (Å²) in [5.74, 6) is 1.30. The van der Waals surface area contributed by atoms with Crippen LogP contribution in [-0.2, 0) is 0 Å². The first-order chi connectivity index (χ1) is 10.4. The molecule has 1 aromatic carbocycles. The minimum absolute atomic E-state index is 0.484. The molecule has 0 atom stereocenters. The summed E-state index contributed by atoms with van der Waals surface area (Å²) in [5, 5.41) is 12.1. The number of ether oxygens (including phenoxy) is 2. The zero-order valence-corrected chi connectivity index (χ0v) is 14.0. The molecule has 0 unspecified atom stereocenters. The molecule has 0 amide bonds. The summed E-state index contributed by atoms with van der Waals surface area (Å²) >= 11 is 3.46. The van der Waals surface area contributed by atoms with Crippen LogP contribution < -0.4 is 14.2 Å². The third-order valence-electron chi connectivity index (χ3n) is 3.32. The topological polar surface area (TPSA) is 57.8 Å². The van der Waals surface area contributed by atoms with E-state index in [2.05, 4.69) is 20.9 Å². The van der Waals surface area contributed by atoms with Crippen LogP contribution in [0.3, 0.4) is 0 Å². The summed E-state index contributed by atoms with van der Waals surface area (Å²) < 4.78 is 12.8. The molecule has 0 aliphatic carbocycles. The van der Waals surface area contributed by atoms with Crippen LogP contribution in [0.4, 0.5) is 0 Å². The Kier molecular flexibility index (Phi) is 3.56. The molecule has 0 saturated heterocycles. The molecular weight excluding hydrogens is 348 g/mol. The molecule has 1 aliphatic rings. The highest BCUT2D eigenvalue weighted by atomic mass is 79.9. The van der Waals surface area contributed by atoms with Crippen molar-refractivity contribution in [2.45, 2.75) is 19.6 Å². The second-order valence-electron chi connectivity index (χ2n) is 5.40. The Morgan fingerprint density at radius 2 is 2.09 bits per heavy atom. The number of aliphatic imine (C=N–C) groups is 1. The van der Waals surface area contributed by atoms with E-state index in [0.717, 1.165) is 14.8 Å². The molecule has 2 heterocycles. The molecule has 2 aromatic rings. The van der Waals surface area contributed by atoms with Crippen molar-refractivity contribution >= 4 is 21.6 Å². The minimum atomic E-state index is -0.760. The van der Waals surface area contributed by atoms with Gasteiger partial charge in [0.25, 0.3) is 0 Å². The van der Waals surface area contributed by atoms with E-state index in [1.165, 1.54) is 6.20 Å². The van der Waals surface area contributed by atoms with E-state index < -0.39 is 5.72 Å². The van der Waals surface area contributed by atoms with Crippen molar-refractivity contribution in [2.24, 2.45) is 4.99 Å². The van der Waals surface area contributed by atoms with Gasteiger partial charge in [0.1, 0.15) is 17.2 Å². The Bertz CT molecular complexity index is 772. The first-order valence-corrected chi connectivity index (χ1v) is 7.56. The van der Waals surface area contributed by atoms with Gasteiger partial charge in [-0.25, -0.2) is 4.99 Å². The third kappa shape index (κ3) is 2.54. The fourth-order valence-electron chi connectivity index (χ4n) is 2.39. The van der Waals surface area contributed by atoms with Gasteiger partial charge in [0, 0.05) is 18.2 Å². The van der Waals surface area contributed by atoms with E-state index in [1.54, 1.807) is 25.3 Å². The molecule has 1 aromatic heterocycles. The van der Waals surface area contributed by atoms with Crippen molar-refractivity contribution in [1.29, 1.82) is 0 Å². The fraction of sp³-hybridized carbons (Fsp3) is 0.250. The van der Waals surface area contributed by atoms with Crippen LogP contribution in [0, 0.1) is 5.21 Å². The second kappa shape index (κ2) is 5.28. The number of rotatable bonds is 2. The minimum Gasteiger partial charge on any atom is -0.618 e. The number of aromatic nitrogens is 1. The van der Waals surface area contributed by atoms with Gasteiger partial charge in [-0.15, -0.1) is 0 Å². The van der Waals surface area contributed by atoms with Crippen LogP contribution in [0.5, 0.6) is 11.5 Å². The first-order valence-electron chi connectivity index (χ1n) is 6.76. The van der Waals surface area contributed by atoms with Gasteiger partial charge in [0.2, 0.25) is 5.69 Å². The molecule has 5 nitrogen and oxygen atoms in total. The molecular formula is C16H15BrN2O3. The lowest BCUT2D eigenvalue weighted by Crippen LogP contribution is -2.39. The van der Waals surface area contributed by atoms with Crippen molar-refractivity contribution in [3.63, 3.8) is 0 Å². The van der Waals surface area contributed by atoms with Gasteiger partial charge in [-0.1, -0.05) is 0 Å². The summed E-state index contributed by atoms with van der Waals surface area (Å²) in [6, 6.07) is 8.90. The van der Waals surface area contributed by atoms with Crippen LogP contribution in [0.15, 0.2) is 46.0 Å². The maximum atomic E-state index is 12.1. The quantitative estimate of drug-likeness (QED) is 0.609. The number of methoxy groups -OCH3 is 1. The summed E-state index contributed by atoms with van der Waals surface area (Å²) in [7, 11) is 1.60. The van der Waals surface area contributed by atoms with Gasteiger partial charge >= 0.3 is 0 Å². The Hall–Kier alpha value is -2.08. The molecule has 22 heavy (non-hydrogen) atoms. The number of hydrogen-bond acceptors (Lipinski definition) is 4. The normalized spacial score (nSPS) is 15.5. The van der Waals surface area contributed by atoms with E-state index >= 15 is 0 Å². The number of pyridine rings is 1. The number of fused-ring (bicyclic) bond motifs is 1. The molecule has 0 spiro atoms. The van der Waals surface area contributed by atoms with E-state index in [0.29, 0.717) is 22.9 Å². The van der Waals surface area contributed by atoms with E-state index in [1.807, 2.05) is 26.0 Å². The predicted molar refractivity (Wildman–Crippen MR) is 86.4 cm³/mol. The molecule has 0 fully saturated rings. The summed E-state index contributed by atoms with van der Waals surface area (Å²) in [6.07, 6.45) is 1.46. The Morgan fingerprint density at radius 3 is 2.77 bits per heavy atom. The molecule has 114 valence electrons. The number of benzene rings is 1. The maximum Gasteiger partial charge on any atom is 0.242 e. The second-order valence-corrected chi connectivity index (χ2v) is 6.26. The van der Waals surface area contributed by atoms with Crippen LogP contribution >= 0.6 is 15.9 Å². The highest BCUT2D eigenvalue weighted by Crippen LogP contribution is 2.38. The van der Waals surface area contributed by atoms with Gasteiger partial charge in [0.05, 0.1) is 17.1 Å². The largest absolute Gasteiger partial charge is 0.618 e. The standard InChI is InChI=1S/C16H15BrN2O3/c1-16(2)18-15(12-6-4-5-7-19(12)20)10-8-11(17)14(21-3)9-13(10)22-16/h4-9H,1-3H3. The maximum absolute atomic E-state index is 12.1. The summed E-state index contributed by atoms with van der Waals surface area (Å²) in [5.41, 5.74) is 1.08. The van der Waals surface area contributed by atoms with E-state index in [4.69, 9.17) is 9.47 Å². The smallest absolute Gasteiger partial charge is 0.242 e. The van der Waals surface area contributed by atoms with E-state index in [-0.39, 0.29) is 0 Å². The lowest BCUT2D eigenvalue weighted by atomic mass is 10.0. The summed E-state index contributed by atoms with van der Waals surface area (Å²) in [6.45, 7) is 3.70. The van der Waals surface area contributed by atoms with Crippen LogP contribution in [0.25, 0.3) is 0 Å².